The van der Waals surface area contributed by atoms with Gasteiger partial charge in [-0.1, -0.05) is 29.8 Å². The summed E-state index contributed by atoms with van der Waals surface area (Å²) in [6.45, 7) is 5.66. The number of carbonyl (C=O) groups is 2. The molecule has 6 heteroatoms. The molecule has 1 aliphatic rings. The van der Waals surface area contributed by atoms with Gasteiger partial charge in [0.25, 0.3) is 11.7 Å². The van der Waals surface area contributed by atoms with Crippen molar-refractivity contribution in [1.82, 2.24) is 0 Å². The Kier molecular flexibility index (Phi) is 5.00. The quantitative estimate of drug-likeness (QED) is 0.345. The van der Waals surface area contributed by atoms with Crippen LogP contribution >= 0.6 is 11.6 Å². The van der Waals surface area contributed by atoms with Crippen LogP contribution in [0.1, 0.15) is 34.1 Å². The molecular weight excluding hydrogens is 402 g/mol. The monoisotopic (exact) mass is 421 g/mol. The minimum Gasteiger partial charge on any atom is -0.507 e. The van der Waals surface area contributed by atoms with E-state index in [0.29, 0.717) is 27.6 Å². The maximum atomic E-state index is 13.1. The van der Waals surface area contributed by atoms with Gasteiger partial charge in [0.15, 0.2) is 0 Å². The minimum atomic E-state index is -0.904. The zero-order valence-electron chi connectivity index (χ0n) is 16.8. The highest BCUT2D eigenvalue weighted by Gasteiger charge is 2.48. The highest BCUT2D eigenvalue weighted by molar-refractivity contribution is 6.52. The van der Waals surface area contributed by atoms with Gasteiger partial charge in [0.05, 0.1) is 11.8 Å². The van der Waals surface area contributed by atoms with Crippen LogP contribution in [0.2, 0.25) is 5.02 Å². The molecule has 1 N–H and O–H groups in total. The molecule has 1 saturated heterocycles. The van der Waals surface area contributed by atoms with Crippen molar-refractivity contribution in [2.24, 2.45) is 0 Å². The Labute approximate surface area is 179 Å². The molecule has 1 aliphatic heterocycles. The molecule has 4 rings (SSSR count). The van der Waals surface area contributed by atoms with Gasteiger partial charge in [0.1, 0.15) is 17.6 Å². The summed E-state index contributed by atoms with van der Waals surface area (Å²) in [6.07, 6.45) is 1.47. The number of aryl methyl sites for hydroxylation is 2. The second-order valence-electron chi connectivity index (χ2n) is 7.37. The average Bonchev–Trinajstić information content (AvgIpc) is 3.33. The van der Waals surface area contributed by atoms with Crippen LogP contribution in [0.5, 0.6) is 0 Å². The first-order valence-electron chi connectivity index (χ1n) is 9.48. The van der Waals surface area contributed by atoms with Crippen LogP contribution < -0.4 is 4.90 Å². The minimum absolute atomic E-state index is 0.0161. The fourth-order valence-electron chi connectivity index (χ4n) is 3.70. The SMILES string of the molecule is Cc1ccc(/C(O)=C2/C(=O)C(=O)N(c3cccc(Cl)c3C)C2c2ccco2)cc1C. The second-order valence-corrected chi connectivity index (χ2v) is 7.77. The van der Waals surface area contributed by atoms with Crippen molar-refractivity contribution in [3.63, 3.8) is 0 Å². The number of carbonyl (C=O) groups excluding carboxylic acids is 2. The molecule has 2 aromatic carbocycles. The molecule has 30 heavy (non-hydrogen) atoms. The van der Waals surface area contributed by atoms with Gasteiger partial charge < -0.3 is 9.52 Å². The normalized spacial score (nSPS) is 18.3. The lowest BCUT2D eigenvalue weighted by Gasteiger charge is -2.25. The molecule has 1 amide bonds. The number of furan rings is 1. The van der Waals surface area contributed by atoms with E-state index in [1.54, 1.807) is 49.4 Å². The van der Waals surface area contributed by atoms with E-state index in [0.717, 1.165) is 11.1 Å². The van der Waals surface area contributed by atoms with Gasteiger partial charge in [-0.25, -0.2) is 0 Å². The Morgan fingerprint density at radius 3 is 2.47 bits per heavy atom. The molecule has 1 fully saturated rings. The molecule has 3 aromatic rings. The number of ketones is 1. The van der Waals surface area contributed by atoms with Crippen molar-refractivity contribution >= 4 is 34.7 Å². The lowest BCUT2D eigenvalue weighted by Crippen LogP contribution is -2.30. The van der Waals surface area contributed by atoms with Crippen LogP contribution in [0.25, 0.3) is 5.76 Å². The summed E-state index contributed by atoms with van der Waals surface area (Å²) < 4.78 is 5.57. The van der Waals surface area contributed by atoms with Crippen molar-refractivity contribution < 1.29 is 19.1 Å². The number of hydrogen-bond acceptors (Lipinski definition) is 4. The number of rotatable bonds is 3. The van der Waals surface area contributed by atoms with E-state index in [9.17, 15) is 14.7 Å². The first-order chi connectivity index (χ1) is 14.3. The van der Waals surface area contributed by atoms with Crippen LogP contribution in [0.15, 0.2) is 64.8 Å². The van der Waals surface area contributed by atoms with Gasteiger partial charge >= 0.3 is 0 Å². The third-order valence-electron chi connectivity index (χ3n) is 5.54. The molecule has 152 valence electrons. The number of benzene rings is 2. The molecule has 5 nitrogen and oxygen atoms in total. The van der Waals surface area contributed by atoms with Crippen molar-refractivity contribution in [2.45, 2.75) is 26.8 Å². The Hall–Kier alpha value is -3.31. The molecule has 0 bridgehead atoms. The predicted molar refractivity (Wildman–Crippen MR) is 116 cm³/mol. The number of amides is 1. The van der Waals surface area contributed by atoms with Crippen LogP contribution in [0.4, 0.5) is 5.69 Å². The molecule has 1 aromatic heterocycles. The Morgan fingerprint density at radius 2 is 1.80 bits per heavy atom. The van der Waals surface area contributed by atoms with E-state index >= 15 is 0 Å². The Balaban J connectivity index is 1.96. The van der Waals surface area contributed by atoms with E-state index in [-0.39, 0.29) is 11.3 Å². The maximum absolute atomic E-state index is 13.1. The van der Waals surface area contributed by atoms with E-state index in [2.05, 4.69) is 0 Å². The van der Waals surface area contributed by atoms with E-state index in [1.165, 1.54) is 11.2 Å². The van der Waals surface area contributed by atoms with E-state index < -0.39 is 17.7 Å². The van der Waals surface area contributed by atoms with Crippen LogP contribution in [-0.4, -0.2) is 16.8 Å². The zero-order valence-corrected chi connectivity index (χ0v) is 17.5. The predicted octanol–water partition coefficient (Wildman–Crippen LogP) is 5.48. The molecule has 0 radical (unpaired) electrons. The van der Waals surface area contributed by atoms with Gasteiger partial charge in [-0.05, 0) is 67.8 Å². The lowest BCUT2D eigenvalue weighted by molar-refractivity contribution is -0.132. The molecule has 0 aliphatic carbocycles. The largest absolute Gasteiger partial charge is 0.507 e. The molecule has 1 unspecified atom stereocenters. The van der Waals surface area contributed by atoms with Crippen molar-refractivity contribution in [3.05, 3.63) is 93.4 Å². The van der Waals surface area contributed by atoms with Crippen LogP contribution in [0, 0.1) is 20.8 Å². The third-order valence-corrected chi connectivity index (χ3v) is 5.95. The first kappa shape index (κ1) is 20.0. The highest BCUT2D eigenvalue weighted by atomic mass is 35.5. The summed E-state index contributed by atoms with van der Waals surface area (Å²) in [4.78, 5) is 27.5. The van der Waals surface area contributed by atoms with Crippen molar-refractivity contribution in [3.8, 4) is 0 Å². The van der Waals surface area contributed by atoms with Crippen molar-refractivity contribution in [1.29, 1.82) is 0 Å². The maximum Gasteiger partial charge on any atom is 0.300 e. The van der Waals surface area contributed by atoms with Crippen molar-refractivity contribution in [2.75, 3.05) is 4.90 Å². The summed E-state index contributed by atoms with van der Waals surface area (Å²) in [6, 6.07) is 13.0. The third kappa shape index (κ3) is 3.12. The lowest BCUT2D eigenvalue weighted by atomic mass is 9.97. The summed E-state index contributed by atoms with van der Waals surface area (Å²) >= 11 is 6.27. The number of aliphatic hydroxyl groups excluding tert-OH is 1. The van der Waals surface area contributed by atoms with Gasteiger partial charge in [-0.15, -0.1) is 0 Å². The number of hydrogen-bond donors (Lipinski definition) is 1. The fourth-order valence-corrected chi connectivity index (χ4v) is 3.87. The average molecular weight is 422 g/mol. The molecular formula is C24H20ClNO4. The van der Waals surface area contributed by atoms with Gasteiger partial charge in [-0.2, -0.15) is 0 Å². The molecule has 0 saturated carbocycles. The number of halogens is 1. The topological polar surface area (TPSA) is 70.8 Å². The number of Topliss-reactive ketones (excluding diaryl/α,β-unsaturated/α-hetero) is 1. The summed E-state index contributed by atoms with van der Waals surface area (Å²) in [5.74, 6) is -1.38. The zero-order chi connectivity index (χ0) is 21.6. The van der Waals surface area contributed by atoms with Gasteiger partial charge in [0.2, 0.25) is 0 Å². The Bertz CT molecular complexity index is 1190. The molecule has 2 heterocycles. The number of nitrogens with zero attached hydrogens (tertiary/aromatic N) is 1. The van der Waals surface area contributed by atoms with Gasteiger partial charge in [-0.3, -0.25) is 14.5 Å². The fraction of sp³-hybridized carbons (Fsp3) is 0.167. The van der Waals surface area contributed by atoms with E-state index in [4.69, 9.17) is 16.0 Å². The highest BCUT2D eigenvalue weighted by Crippen LogP contribution is 2.44. The molecule has 1 atom stereocenters. The molecule has 0 spiro atoms. The van der Waals surface area contributed by atoms with Gasteiger partial charge in [0, 0.05) is 16.3 Å². The van der Waals surface area contributed by atoms with E-state index in [1.807, 2.05) is 19.9 Å². The summed E-state index contributed by atoms with van der Waals surface area (Å²) in [7, 11) is 0. The number of anilines is 1. The standard InChI is InChI=1S/C24H20ClNO4/c1-13-9-10-16(12-14(13)2)22(27)20-21(19-8-5-11-30-19)26(24(29)23(20)28)18-7-4-6-17(25)15(18)3/h4-12,21,27H,1-3H3/b22-20-. The second kappa shape index (κ2) is 7.50. The number of aliphatic hydroxyl groups is 1. The smallest absolute Gasteiger partial charge is 0.300 e. The van der Waals surface area contributed by atoms with Crippen LogP contribution in [0.3, 0.4) is 0 Å². The Morgan fingerprint density at radius 1 is 1.03 bits per heavy atom. The summed E-state index contributed by atoms with van der Waals surface area (Å²) in [5, 5.41) is 11.6. The van der Waals surface area contributed by atoms with Crippen LogP contribution in [-0.2, 0) is 9.59 Å². The summed E-state index contributed by atoms with van der Waals surface area (Å²) in [5.41, 5.74) is 3.62. The first-order valence-corrected chi connectivity index (χ1v) is 9.86.